The van der Waals surface area contributed by atoms with Crippen LogP contribution in [0.25, 0.3) is 66.1 Å². The molecule has 0 bridgehead atoms. The summed E-state index contributed by atoms with van der Waals surface area (Å²) in [7, 11) is 0. The molecule has 0 unspecified atom stereocenters. The second-order valence-electron chi connectivity index (χ2n) is 14.4. The average Bonchev–Trinajstić information content (AvgIpc) is 3.27. The maximum atomic E-state index is 2.41. The molecule has 0 saturated heterocycles. The number of nitrogens with zero attached hydrogens (tertiary/aromatic N) is 1. The molecule has 0 spiro atoms. The number of fused-ring (bicyclic) bond motifs is 3. The fraction of sp³-hybridized carbons (Fsp3) is 0.0741. The molecule has 0 saturated carbocycles. The van der Waals surface area contributed by atoms with E-state index in [2.05, 4.69) is 218 Å². The van der Waals surface area contributed by atoms with Crippen LogP contribution < -0.4 is 4.90 Å². The molecule has 55 heavy (non-hydrogen) atoms. The number of anilines is 3. The quantitative estimate of drug-likeness (QED) is 0.128. The Labute approximate surface area is 324 Å². The number of benzene rings is 9. The summed E-state index contributed by atoms with van der Waals surface area (Å²) in [4.78, 5) is 2.36. The topological polar surface area (TPSA) is 3.24 Å². The Morgan fingerprint density at radius 2 is 0.818 bits per heavy atom. The summed E-state index contributed by atoms with van der Waals surface area (Å²) in [6, 6.07) is 75.3. The van der Waals surface area contributed by atoms with Crippen molar-refractivity contribution in [2.24, 2.45) is 0 Å². The van der Waals surface area contributed by atoms with Crippen LogP contribution in [0.5, 0.6) is 0 Å². The number of aryl methyl sites for hydroxylation is 1. The number of hydrogen-bond acceptors (Lipinski definition) is 1. The Morgan fingerprint density at radius 1 is 0.345 bits per heavy atom. The largest absolute Gasteiger partial charge is 0.311 e. The van der Waals surface area contributed by atoms with Crippen molar-refractivity contribution in [3.05, 3.63) is 212 Å². The van der Waals surface area contributed by atoms with E-state index in [1.165, 1.54) is 84.5 Å². The molecular formula is C54H43N. The standard InChI is InChI=1S/C54H43N/c1-2-3-13-39-22-23-47-38-54(52-21-11-10-20-51(52)53(47)36-39)44-28-34-50(35-29-44)55(48-30-24-42(25-31-48)40-14-6-4-7-15-40)49-32-26-43(27-33-49)46-19-12-18-45(37-46)41-16-8-5-9-17-41/h4-12,14-38H,2-3,13H2,1H3. The lowest BCUT2D eigenvalue weighted by atomic mass is 9.92. The molecule has 264 valence electrons. The van der Waals surface area contributed by atoms with E-state index in [1.807, 2.05) is 0 Å². The van der Waals surface area contributed by atoms with Crippen LogP contribution in [0, 0.1) is 0 Å². The lowest BCUT2D eigenvalue weighted by Crippen LogP contribution is -2.09. The van der Waals surface area contributed by atoms with E-state index >= 15 is 0 Å². The highest BCUT2D eigenvalue weighted by atomic mass is 15.1. The minimum Gasteiger partial charge on any atom is -0.311 e. The molecule has 0 N–H and O–H groups in total. The third-order valence-corrected chi connectivity index (χ3v) is 10.8. The Morgan fingerprint density at radius 3 is 1.40 bits per heavy atom. The molecule has 0 aliphatic carbocycles. The summed E-state index contributed by atoms with van der Waals surface area (Å²) < 4.78 is 0. The summed E-state index contributed by atoms with van der Waals surface area (Å²) in [5.41, 5.74) is 14.5. The first-order chi connectivity index (χ1) is 27.2. The highest BCUT2D eigenvalue weighted by molar-refractivity contribution is 6.14. The summed E-state index contributed by atoms with van der Waals surface area (Å²) in [5.74, 6) is 0. The maximum Gasteiger partial charge on any atom is 0.0462 e. The molecule has 0 aromatic heterocycles. The third-order valence-electron chi connectivity index (χ3n) is 10.8. The van der Waals surface area contributed by atoms with E-state index in [4.69, 9.17) is 0 Å². The van der Waals surface area contributed by atoms with Gasteiger partial charge in [0.15, 0.2) is 0 Å². The van der Waals surface area contributed by atoms with Gasteiger partial charge in [-0.05, 0) is 133 Å². The fourth-order valence-corrected chi connectivity index (χ4v) is 7.91. The van der Waals surface area contributed by atoms with E-state index in [0.29, 0.717) is 0 Å². The van der Waals surface area contributed by atoms with Gasteiger partial charge in [-0.25, -0.2) is 0 Å². The van der Waals surface area contributed by atoms with Gasteiger partial charge in [-0.3, -0.25) is 0 Å². The fourth-order valence-electron chi connectivity index (χ4n) is 7.91. The van der Waals surface area contributed by atoms with Gasteiger partial charge in [0, 0.05) is 17.1 Å². The molecule has 0 amide bonds. The lowest BCUT2D eigenvalue weighted by Gasteiger charge is -2.26. The predicted molar refractivity (Wildman–Crippen MR) is 236 cm³/mol. The normalized spacial score (nSPS) is 11.2. The second kappa shape index (κ2) is 15.3. The minimum absolute atomic E-state index is 1.11. The van der Waals surface area contributed by atoms with Gasteiger partial charge in [-0.2, -0.15) is 0 Å². The first-order valence-corrected chi connectivity index (χ1v) is 19.5. The maximum absolute atomic E-state index is 2.41. The number of unbranched alkanes of at least 4 members (excludes halogenated alkanes) is 1. The van der Waals surface area contributed by atoms with E-state index in [0.717, 1.165) is 23.5 Å². The van der Waals surface area contributed by atoms with Gasteiger partial charge in [-0.1, -0.05) is 171 Å². The molecule has 0 heterocycles. The van der Waals surface area contributed by atoms with Gasteiger partial charge in [0.2, 0.25) is 0 Å². The molecule has 0 atom stereocenters. The predicted octanol–water partition coefficient (Wildman–Crippen LogP) is 15.5. The Hall–Kier alpha value is -6.70. The monoisotopic (exact) mass is 705 g/mol. The zero-order valence-corrected chi connectivity index (χ0v) is 31.2. The smallest absolute Gasteiger partial charge is 0.0462 e. The van der Waals surface area contributed by atoms with Crippen LogP contribution in [-0.2, 0) is 6.42 Å². The molecule has 0 radical (unpaired) electrons. The Balaban J connectivity index is 1.09. The number of hydrogen-bond donors (Lipinski definition) is 0. The molecule has 1 nitrogen and oxygen atoms in total. The second-order valence-corrected chi connectivity index (χ2v) is 14.4. The third kappa shape index (κ3) is 7.05. The SMILES string of the molecule is CCCCc1ccc2cc(-c3ccc(N(c4ccc(-c5ccccc5)cc4)c4ccc(-c5cccc(-c6ccccc6)c5)cc4)cc3)c3ccccc3c2c1. The summed E-state index contributed by atoms with van der Waals surface area (Å²) in [6.45, 7) is 2.26. The first kappa shape index (κ1) is 34.1. The highest BCUT2D eigenvalue weighted by Gasteiger charge is 2.15. The average molecular weight is 706 g/mol. The van der Waals surface area contributed by atoms with Gasteiger partial charge in [0.25, 0.3) is 0 Å². The molecule has 0 fully saturated rings. The molecule has 9 rings (SSSR count). The lowest BCUT2D eigenvalue weighted by molar-refractivity contribution is 0.796. The first-order valence-electron chi connectivity index (χ1n) is 19.5. The molecule has 9 aromatic rings. The Kier molecular flexibility index (Phi) is 9.51. The van der Waals surface area contributed by atoms with Gasteiger partial charge < -0.3 is 4.90 Å². The number of rotatable bonds is 10. The van der Waals surface area contributed by atoms with Crippen LogP contribution in [0.15, 0.2) is 206 Å². The molecule has 1 heteroatoms. The Bertz CT molecular complexity index is 2690. The van der Waals surface area contributed by atoms with E-state index in [-0.39, 0.29) is 0 Å². The van der Waals surface area contributed by atoms with Crippen molar-refractivity contribution in [2.75, 3.05) is 4.90 Å². The summed E-state index contributed by atoms with van der Waals surface area (Å²) >= 11 is 0. The summed E-state index contributed by atoms with van der Waals surface area (Å²) in [6.07, 6.45) is 3.55. The van der Waals surface area contributed by atoms with E-state index in [9.17, 15) is 0 Å². The van der Waals surface area contributed by atoms with Crippen LogP contribution in [0.2, 0.25) is 0 Å². The molecule has 9 aromatic carbocycles. The van der Waals surface area contributed by atoms with Gasteiger partial charge in [0.05, 0.1) is 0 Å². The van der Waals surface area contributed by atoms with Crippen LogP contribution in [0.4, 0.5) is 17.1 Å². The molecule has 0 aliphatic rings. The minimum atomic E-state index is 1.11. The van der Waals surface area contributed by atoms with E-state index < -0.39 is 0 Å². The van der Waals surface area contributed by atoms with Gasteiger partial charge in [-0.15, -0.1) is 0 Å². The molecule has 0 aliphatic heterocycles. The van der Waals surface area contributed by atoms with Crippen LogP contribution >= 0.6 is 0 Å². The van der Waals surface area contributed by atoms with Crippen molar-refractivity contribution < 1.29 is 0 Å². The summed E-state index contributed by atoms with van der Waals surface area (Å²) in [5, 5.41) is 5.22. The molecular weight excluding hydrogens is 663 g/mol. The van der Waals surface area contributed by atoms with Crippen molar-refractivity contribution >= 4 is 38.6 Å². The zero-order chi connectivity index (χ0) is 37.0. The zero-order valence-electron chi connectivity index (χ0n) is 31.2. The van der Waals surface area contributed by atoms with E-state index in [1.54, 1.807) is 0 Å². The highest BCUT2D eigenvalue weighted by Crippen LogP contribution is 2.40. The van der Waals surface area contributed by atoms with Crippen molar-refractivity contribution in [2.45, 2.75) is 26.2 Å². The van der Waals surface area contributed by atoms with Crippen LogP contribution in [-0.4, -0.2) is 0 Å². The van der Waals surface area contributed by atoms with Crippen molar-refractivity contribution in [3.8, 4) is 44.5 Å². The van der Waals surface area contributed by atoms with Crippen LogP contribution in [0.1, 0.15) is 25.3 Å². The van der Waals surface area contributed by atoms with Crippen molar-refractivity contribution in [3.63, 3.8) is 0 Å². The van der Waals surface area contributed by atoms with Gasteiger partial charge in [0.1, 0.15) is 0 Å². The van der Waals surface area contributed by atoms with Crippen molar-refractivity contribution in [1.82, 2.24) is 0 Å². The van der Waals surface area contributed by atoms with Gasteiger partial charge >= 0.3 is 0 Å². The van der Waals surface area contributed by atoms with Crippen molar-refractivity contribution in [1.29, 1.82) is 0 Å². The van der Waals surface area contributed by atoms with Crippen LogP contribution in [0.3, 0.4) is 0 Å².